The van der Waals surface area contributed by atoms with E-state index in [4.69, 9.17) is 10.5 Å². The van der Waals surface area contributed by atoms with E-state index in [1.54, 1.807) is 24.4 Å². The summed E-state index contributed by atoms with van der Waals surface area (Å²) in [5.74, 6) is 0.540. The number of amides is 2. The van der Waals surface area contributed by atoms with E-state index in [-0.39, 0.29) is 30.7 Å². The number of hydrogen-bond acceptors (Lipinski definition) is 6. The number of hydrogen-bond donors (Lipinski definition) is 2. The number of carbonyl (C=O) groups is 2. The van der Waals surface area contributed by atoms with E-state index in [9.17, 15) is 9.59 Å². The number of ether oxygens (including phenoxy) is 1. The van der Waals surface area contributed by atoms with Crippen molar-refractivity contribution in [3.8, 4) is 0 Å². The molecule has 0 radical (unpaired) electrons. The second-order valence-electron chi connectivity index (χ2n) is 8.33. The number of likely N-dealkylation sites (tertiary alicyclic amines) is 1. The van der Waals surface area contributed by atoms with Crippen LogP contribution in [0.25, 0.3) is 0 Å². The molecule has 1 unspecified atom stereocenters. The molecule has 1 aromatic heterocycles. The molecule has 2 aromatic carbocycles. The van der Waals surface area contributed by atoms with Gasteiger partial charge in [0.05, 0.1) is 29.0 Å². The number of piperazine rings is 1. The summed E-state index contributed by atoms with van der Waals surface area (Å²) < 4.78 is 5.50. The Morgan fingerprint density at radius 3 is 2.48 bits per heavy atom. The van der Waals surface area contributed by atoms with Crippen LogP contribution in [0.2, 0.25) is 0 Å². The number of nitrogens with zero attached hydrogens (tertiary/aromatic N) is 3. The molecule has 0 aliphatic carbocycles. The van der Waals surface area contributed by atoms with Crippen molar-refractivity contribution in [2.45, 2.75) is 25.1 Å². The number of nitrogens with two attached hydrogens (primary N) is 1. The Morgan fingerprint density at radius 2 is 1.79 bits per heavy atom. The van der Waals surface area contributed by atoms with E-state index in [1.165, 1.54) is 0 Å². The lowest BCUT2D eigenvalue weighted by molar-refractivity contribution is 0.0897. The Kier molecular flexibility index (Phi) is 5.56. The smallest absolute Gasteiger partial charge is 0.410 e. The van der Waals surface area contributed by atoms with E-state index in [0.29, 0.717) is 30.0 Å². The van der Waals surface area contributed by atoms with Gasteiger partial charge in [0.15, 0.2) is 0 Å². The van der Waals surface area contributed by atoms with Gasteiger partial charge in [-0.15, -0.1) is 0 Å². The standard InChI is InChI=1S/C25H25N5O3/c26-21-8-4-5-9-22(21)28-24(31)18-10-11-23(27-13-18)29-14-20-12-19(29)15-30(20)25(32)33-16-17-6-2-1-3-7-17/h1-11,13,19-20H,12,14-16,26H2,(H,28,31)/t19-,20?/m0/s1. The molecule has 3 N–H and O–H groups in total. The number of para-hydroxylation sites is 2. The maximum atomic E-state index is 12.6. The minimum absolute atomic E-state index is 0.101. The fraction of sp³-hybridized carbons (Fsp3) is 0.240. The van der Waals surface area contributed by atoms with Crippen LogP contribution in [0.3, 0.4) is 0 Å². The molecule has 3 aromatic rings. The molecule has 5 rings (SSSR count). The SMILES string of the molecule is Nc1ccccc1NC(=O)c1ccc(N2CC3C[C@H]2CN3C(=O)OCc2ccccc2)nc1. The first-order valence-corrected chi connectivity index (χ1v) is 10.9. The zero-order valence-electron chi connectivity index (χ0n) is 18.1. The largest absolute Gasteiger partial charge is 0.445 e. The van der Waals surface area contributed by atoms with Crippen molar-refractivity contribution in [1.82, 2.24) is 9.88 Å². The Balaban J connectivity index is 1.17. The first-order chi connectivity index (χ1) is 16.1. The number of anilines is 3. The molecule has 2 bridgehead atoms. The molecule has 2 aliphatic rings. The molecule has 2 amide bonds. The van der Waals surface area contributed by atoms with Crippen LogP contribution in [0.1, 0.15) is 22.3 Å². The van der Waals surface area contributed by atoms with Crippen LogP contribution in [-0.2, 0) is 11.3 Å². The van der Waals surface area contributed by atoms with Crippen molar-refractivity contribution in [1.29, 1.82) is 0 Å². The van der Waals surface area contributed by atoms with Gasteiger partial charge in [-0.05, 0) is 36.2 Å². The van der Waals surface area contributed by atoms with Crippen LogP contribution in [0.4, 0.5) is 22.0 Å². The summed E-state index contributed by atoms with van der Waals surface area (Å²) in [7, 11) is 0. The molecule has 0 saturated carbocycles. The third kappa shape index (κ3) is 4.32. The predicted molar refractivity (Wildman–Crippen MR) is 126 cm³/mol. The summed E-state index contributed by atoms with van der Waals surface area (Å²) in [6, 6.07) is 20.7. The first-order valence-electron chi connectivity index (χ1n) is 10.9. The number of fused-ring (bicyclic) bond motifs is 2. The summed E-state index contributed by atoms with van der Waals surface area (Å²) in [5, 5.41) is 2.81. The molecule has 3 heterocycles. The maximum absolute atomic E-state index is 12.6. The fourth-order valence-electron chi connectivity index (χ4n) is 4.47. The van der Waals surface area contributed by atoms with Crippen LogP contribution >= 0.6 is 0 Å². The number of nitrogen functional groups attached to an aromatic ring is 1. The quantitative estimate of drug-likeness (QED) is 0.585. The normalized spacial score (nSPS) is 18.9. The molecule has 8 nitrogen and oxygen atoms in total. The molecular weight excluding hydrogens is 418 g/mol. The van der Waals surface area contributed by atoms with Gasteiger partial charge in [0, 0.05) is 19.3 Å². The minimum Gasteiger partial charge on any atom is -0.445 e. The monoisotopic (exact) mass is 443 g/mol. The Bertz CT molecular complexity index is 1150. The lowest BCUT2D eigenvalue weighted by Gasteiger charge is -2.34. The van der Waals surface area contributed by atoms with Crippen LogP contribution in [0, 0.1) is 0 Å². The number of aromatic nitrogens is 1. The van der Waals surface area contributed by atoms with Crippen LogP contribution in [0.15, 0.2) is 72.9 Å². The zero-order valence-corrected chi connectivity index (χ0v) is 18.1. The van der Waals surface area contributed by atoms with Crippen molar-refractivity contribution in [2.75, 3.05) is 29.0 Å². The van der Waals surface area contributed by atoms with Crippen molar-refractivity contribution in [3.05, 3.63) is 84.1 Å². The fourth-order valence-corrected chi connectivity index (χ4v) is 4.47. The van der Waals surface area contributed by atoms with Gasteiger partial charge in [0.1, 0.15) is 12.4 Å². The second kappa shape index (κ2) is 8.82. The molecule has 2 aliphatic heterocycles. The predicted octanol–water partition coefficient (Wildman–Crippen LogP) is 3.52. The average Bonchev–Trinajstić information content (AvgIpc) is 3.46. The van der Waals surface area contributed by atoms with E-state index < -0.39 is 0 Å². The van der Waals surface area contributed by atoms with Crippen LogP contribution in [-0.4, -0.2) is 47.1 Å². The van der Waals surface area contributed by atoms with Gasteiger partial charge in [-0.3, -0.25) is 4.79 Å². The lowest BCUT2D eigenvalue weighted by atomic mass is 10.2. The van der Waals surface area contributed by atoms with Crippen molar-refractivity contribution in [2.24, 2.45) is 0 Å². The summed E-state index contributed by atoms with van der Waals surface area (Å²) in [6.07, 6.45) is 2.19. The highest BCUT2D eigenvalue weighted by atomic mass is 16.6. The van der Waals surface area contributed by atoms with Gasteiger partial charge in [-0.1, -0.05) is 42.5 Å². The van der Waals surface area contributed by atoms with Gasteiger partial charge in [0.2, 0.25) is 0 Å². The number of rotatable bonds is 5. The van der Waals surface area contributed by atoms with Gasteiger partial charge in [-0.25, -0.2) is 9.78 Å². The maximum Gasteiger partial charge on any atom is 0.410 e. The number of pyridine rings is 1. The Labute approximate surface area is 192 Å². The van der Waals surface area contributed by atoms with Gasteiger partial charge in [0.25, 0.3) is 5.91 Å². The highest BCUT2D eigenvalue weighted by Crippen LogP contribution is 2.34. The summed E-state index contributed by atoms with van der Waals surface area (Å²) in [4.78, 5) is 33.6. The van der Waals surface area contributed by atoms with E-state index >= 15 is 0 Å². The van der Waals surface area contributed by atoms with E-state index in [2.05, 4.69) is 15.2 Å². The molecule has 2 saturated heterocycles. The van der Waals surface area contributed by atoms with Crippen molar-refractivity contribution < 1.29 is 14.3 Å². The summed E-state index contributed by atoms with van der Waals surface area (Å²) in [5.41, 5.74) is 8.41. The first kappa shape index (κ1) is 20.8. The lowest BCUT2D eigenvalue weighted by Crippen LogP contribution is -2.49. The summed E-state index contributed by atoms with van der Waals surface area (Å²) in [6.45, 7) is 1.58. The number of benzene rings is 2. The zero-order chi connectivity index (χ0) is 22.8. The number of nitrogens with one attached hydrogen (secondary N) is 1. The van der Waals surface area contributed by atoms with Gasteiger partial charge < -0.3 is 25.6 Å². The van der Waals surface area contributed by atoms with Gasteiger partial charge >= 0.3 is 6.09 Å². The molecule has 33 heavy (non-hydrogen) atoms. The van der Waals surface area contributed by atoms with E-state index in [1.807, 2.05) is 53.4 Å². The minimum atomic E-state index is -0.272. The van der Waals surface area contributed by atoms with Crippen LogP contribution in [0.5, 0.6) is 0 Å². The van der Waals surface area contributed by atoms with E-state index in [0.717, 1.165) is 17.8 Å². The third-order valence-electron chi connectivity index (χ3n) is 6.19. The Morgan fingerprint density at radius 1 is 1.00 bits per heavy atom. The highest BCUT2D eigenvalue weighted by molar-refractivity contribution is 6.05. The molecule has 2 atom stereocenters. The molecular formula is C25H25N5O3. The van der Waals surface area contributed by atoms with Gasteiger partial charge in [-0.2, -0.15) is 0 Å². The van der Waals surface area contributed by atoms with Crippen molar-refractivity contribution in [3.63, 3.8) is 0 Å². The third-order valence-corrected chi connectivity index (χ3v) is 6.19. The summed E-state index contributed by atoms with van der Waals surface area (Å²) >= 11 is 0. The second-order valence-corrected chi connectivity index (χ2v) is 8.33. The molecule has 168 valence electrons. The topological polar surface area (TPSA) is 101 Å². The molecule has 0 spiro atoms. The number of carbonyl (C=O) groups excluding carboxylic acids is 2. The Hall–Kier alpha value is -4.07. The molecule has 8 heteroatoms. The average molecular weight is 444 g/mol. The molecule has 2 fully saturated rings. The highest BCUT2D eigenvalue weighted by Gasteiger charge is 2.46. The van der Waals surface area contributed by atoms with Crippen LogP contribution < -0.4 is 16.0 Å². The van der Waals surface area contributed by atoms with Crippen molar-refractivity contribution >= 4 is 29.2 Å².